The molecule has 8 nitrogen and oxygen atoms in total. The van der Waals surface area contributed by atoms with Crippen molar-refractivity contribution in [2.24, 2.45) is 0 Å². The Labute approximate surface area is 182 Å². The molecule has 2 saturated heterocycles. The summed E-state index contributed by atoms with van der Waals surface area (Å²) in [6.07, 6.45) is 0. The average Bonchev–Trinajstić information content (AvgIpc) is 2.82. The van der Waals surface area contributed by atoms with E-state index in [2.05, 4.69) is 5.32 Å². The first kappa shape index (κ1) is 21.7. The Balaban J connectivity index is 0.00000261. The molecule has 1 aromatic rings. The zero-order valence-corrected chi connectivity index (χ0v) is 17.9. The fraction of sp³-hybridized carbons (Fsp3) is 0.412. The van der Waals surface area contributed by atoms with Crippen LogP contribution >= 0.6 is 11.8 Å². The molecule has 4 atom stereocenters. The van der Waals surface area contributed by atoms with Crippen molar-refractivity contribution >= 4 is 35.5 Å². The predicted molar refractivity (Wildman–Crippen MR) is 92.5 cm³/mol. The average molecular weight is 401 g/mol. The summed E-state index contributed by atoms with van der Waals surface area (Å²) in [7, 11) is 0. The molecule has 0 spiro atoms. The molecular weight excluding hydrogens is 383 g/mol. The third kappa shape index (κ3) is 3.73. The van der Waals surface area contributed by atoms with Gasteiger partial charge in [-0.1, -0.05) is 30.3 Å². The third-order valence-corrected chi connectivity index (χ3v) is 6.19. The molecule has 0 radical (unpaired) electrons. The van der Waals surface area contributed by atoms with Crippen molar-refractivity contribution in [3.8, 4) is 0 Å². The van der Waals surface area contributed by atoms with E-state index in [1.165, 1.54) is 28.8 Å². The quantitative estimate of drug-likeness (QED) is 0.283. The number of nitrogens with zero attached hydrogens (tertiary/aromatic N) is 1. The van der Waals surface area contributed by atoms with Crippen molar-refractivity contribution < 1.29 is 58.9 Å². The van der Waals surface area contributed by atoms with Crippen LogP contribution in [-0.4, -0.2) is 61.1 Å². The summed E-state index contributed by atoms with van der Waals surface area (Å²) in [5.74, 6) is -5.16. The van der Waals surface area contributed by atoms with Crippen molar-refractivity contribution in [3.05, 3.63) is 35.9 Å². The second-order valence-electron chi connectivity index (χ2n) is 6.77. The van der Waals surface area contributed by atoms with E-state index in [-0.39, 0.29) is 29.6 Å². The number of fused-ring (bicyclic) bond motifs is 1. The van der Waals surface area contributed by atoms with E-state index >= 15 is 0 Å². The molecule has 2 amide bonds. The fourth-order valence-electron chi connectivity index (χ4n) is 3.43. The largest absolute Gasteiger partial charge is 1.00 e. The van der Waals surface area contributed by atoms with Gasteiger partial charge in [-0.15, -0.1) is 11.8 Å². The minimum absolute atomic E-state index is 0. The Morgan fingerprint density at radius 1 is 1.19 bits per heavy atom. The molecule has 2 heterocycles. The van der Waals surface area contributed by atoms with Crippen LogP contribution in [0.4, 0.5) is 0 Å². The molecule has 0 aromatic heterocycles. The van der Waals surface area contributed by atoms with E-state index in [1.807, 2.05) is 0 Å². The maximum absolute atomic E-state index is 12.5. The molecule has 0 bridgehead atoms. The van der Waals surface area contributed by atoms with Crippen molar-refractivity contribution in [2.45, 2.75) is 42.0 Å². The van der Waals surface area contributed by atoms with Crippen LogP contribution in [0.15, 0.2) is 30.3 Å². The van der Waals surface area contributed by atoms with Gasteiger partial charge in [0.15, 0.2) is 5.92 Å². The normalized spacial score (nSPS) is 26.2. The number of carbonyl (C=O) groups excluding carboxylic acids is 2. The second kappa shape index (κ2) is 7.83. The Morgan fingerprint density at radius 3 is 2.30 bits per heavy atom. The number of β-lactam (4-membered cyclic amide) rings is 1. The fourth-order valence-corrected chi connectivity index (χ4v) is 5.06. The van der Waals surface area contributed by atoms with Gasteiger partial charge in [0.1, 0.15) is 17.5 Å². The number of benzene rings is 1. The van der Waals surface area contributed by atoms with Crippen LogP contribution in [-0.2, 0) is 19.2 Å². The second-order valence-corrected chi connectivity index (χ2v) is 8.54. The Hall–Kier alpha value is -1.55. The Morgan fingerprint density at radius 2 is 1.78 bits per heavy atom. The van der Waals surface area contributed by atoms with E-state index < -0.39 is 51.9 Å². The van der Waals surface area contributed by atoms with Gasteiger partial charge in [0, 0.05) is 4.75 Å². The maximum atomic E-state index is 12.5. The molecule has 0 aliphatic carbocycles. The first-order valence-electron chi connectivity index (χ1n) is 7.96. The molecular formula is C17H18N2NaO6S+. The number of hydrogen-bond acceptors (Lipinski definition) is 5. The van der Waals surface area contributed by atoms with Gasteiger partial charge in [-0.3, -0.25) is 14.4 Å². The number of amides is 2. The summed E-state index contributed by atoms with van der Waals surface area (Å²) in [4.78, 5) is 49.2. The van der Waals surface area contributed by atoms with Gasteiger partial charge < -0.3 is 20.4 Å². The number of hydrogen-bond donors (Lipinski definition) is 3. The van der Waals surface area contributed by atoms with Crippen LogP contribution in [0.25, 0.3) is 0 Å². The summed E-state index contributed by atoms with van der Waals surface area (Å²) in [6.45, 7) is 3.45. The number of carboxylic acid groups (broad SMARTS) is 2. The molecule has 1 aromatic carbocycles. The predicted octanol–water partition coefficient (Wildman–Crippen LogP) is -2.51. The van der Waals surface area contributed by atoms with Gasteiger partial charge in [0.2, 0.25) is 11.8 Å². The summed E-state index contributed by atoms with van der Waals surface area (Å²) in [5, 5.41) is 20.8. The number of aliphatic carboxylic acids is 2. The number of carboxylic acids is 2. The minimum Gasteiger partial charge on any atom is -0.480 e. The molecule has 1 unspecified atom stereocenters. The first-order valence-corrected chi connectivity index (χ1v) is 8.84. The van der Waals surface area contributed by atoms with Crippen molar-refractivity contribution in [3.63, 3.8) is 0 Å². The minimum atomic E-state index is -1.44. The first-order chi connectivity index (χ1) is 12.1. The summed E-state index contributed by atoms with van der Waals surface area (Å²) in [5.41, 5.74) is 0.309. The molecule has 3 N–H and O–H groups in total. The molecule has 138 valence electrons. The van der Waals surface area contributed by atoms with E-state index in [4.69, 9.17) is 0 Å². The van der Waals surface area contributed by atoms with E-state index in [0.717, 1.165) is 0 Å². The Bertz CT molecular complexity index is 787. The summed E-state index contributed by atoms with van der Waals surface area (Å²) in [6, 6.07) is 6.10. The smallest absolute Gasteiger partial charge is 0.480 e. The van der Waals surface area contributed by atoms with Crippen molar-refractivity contribution in [1.82, 2.24) is 10.2 Å². The van der Waals surface area contributed by atoms with Gasteiger partial charge in [-0.25, -0.2) is 4.79 Å². The van der Waals surface area contributed by atoms with E-state index in [9.17, 15) is 29.4 Å². The summed E-state index contributed by atoms with van der Waals surface area (Å²) < 4.78 is -0.711. The molecule has 0 saturated carbocycles. The molecule has 3 rings (SSSR count). The summed E-state index contributed by atoms with van der Waals surface area (Å²) >= 11 is 1.29. The number of thioether (sulfide) groups is 1. The topological polar surface area (TPSA) is 124 Å². The van der Waals surface area contributed by atoms with Crippen molar-refractivity contribution in [2.75, 3.05) is 0 Å². The molecule has 27 heavy (non-hydrogen) atoms. The molecule has 2 aliphatic heterocycles. The zero-order chi connectivity index (χ0) is 19.2. The third-order valence-electron chi connectivity index (χ3n) is 4.61. The molecule has 2 aliphatic rings. The van der Waals surface area contributed by atoms with Crippen LogP contribution in [0.1, 0.15) is 25.3 Å². The standard InChI is InChI=1S/C17H18N2O6S.Na/c1-17(2)11(16(24)25)19-13(21)10(14(19)26-17)18-12(20)9(15(22)23)8-6-4-3-5-7-8;/h3-7,9-11,14H,1-2H3,(H,18,20)(H,22,23)(H,24,25);/q;+1/t9?,10-,11+,14-;/m1./s1. The SMILES string of the molecule is CC1(C)S[C@@H]2[C@H](NC(=O)C(C(=O)O)c3ccccc3)C(=O)N2[C@H]1C(=O)O.[Na+]. The van der Waals surface area contributed by atoms with E-state index in [0.29, 0.717) is 5.56 Å². The van der Waals surface area contributed by atoms with Gasteiger partial charge in [0.25, 0.3) is 0 Å². The van der Waals surface area contributed by atoms with E-state index in [1.54, 1.807) is 32.0 Å². The van der Waals surface area contributed by atoms with Gasteiger partial charge >= 0.3 is 41.5 Å². The van der Waals surface area contributed by atoms with Crippen molar-refractivity contribution in [1.29, 1.82) is 0 Å². The zero-order valence-electron chi connectivity index (χ0n) is 15.1. The number of carbonyl (C=O) groups is 4. The van der Waals surface area contributed by atoms with Gasteiger partial charge in [-0.2, -0.15) is 0 Å². The van der Waals surface area contributed by atoms with Gasteiger partial charge in [0.05, 0.1) is 0 Å². The number of nitrogens with one attached hydrogen (secondary N) is 1. The van der Waals surface area contributed by atoms with Gasteiger partial charge in [-0.05, 0) is 19.4 Å². The Kier molecular flexibility index (Phi) is 6.30. The van der Waals surface area contributed by atoms with Crippen LogP contribution in [0.5, 0.6) is 0 Å². The van der Waals surface area contributed by atoms with Crippen LogP contribution < -0.4 is 34.9 Å². The maximum Gasteiger partial charge on any atom is 1.00 e. The van der Waals surface area contributed by atoms with Crippen LogP contribution in [0, 0.1) is 0 Å². The molecule has 2 fully saturated rings. The monoisotopic (exact) mass is 401 g/mol. The van der Waals surface area contributed by atoms with Crippen LogP contribution in [0.2, 0.25) is 0 Å². The van der Waals surface area contributed by atoms with Crippen LogP contribution in [0.3, 0.4) is 0 Å². The number of rotatable bonds is 5. The molecule has 10 heteroatoms.